The van der Waals surface area contributed by atoms with Gasteiger partial charge in [0.05, 0.1) is 0 Å². The van der Waals surface area contributed by atoms with E-state index in [4.69, 9.17) is 4.74 Å². The molecule has 0 aromatic heterocycles. The van der Waals surface area contributed by atoms with Crippen LogP contribution in [0.5, 0.6) is 0 Å². The van der Waals surface area contributed by atoms with Crippen LogP contribution < -0.4 is 0 Å². The highest BCUT2D eigenvalue weighted by Crippen LogP contribution is 2.05. The molecule has 1 aromatic rings. The Hall–Kier alpha value is -1.59. The minimum atomic E-state index is -0.220. The molecule has 2 rings (SSSR count). The molecule has 5 nitrogen and oxygen atoms in total. The number of carbonyl (C=O) groups is 1. The lowest BCUT2D eigenvalue weighted by Crippen LogP contribution is -2.39. The molecular weight excluding hydrogens is 266 g/mol. The molecule has 1 saturated heterocycles. The fourth-order valence-electron chi connectivity index (χ4n) is 2.25. The highest BCUT2D eigenvalue weighted by Gasteiger charge is 2.18. The Morgan fingerprint density at radius 1 is 0.952 bits per heavy atom. The summed E-state index contributed by atoms with van der Waals surface area (Å²) >= 11 is 0. The third-order valence-corrected chi connectivity index (χ3v) is 3.83. The SMILES string of the molecule is CN1CCN(C)CCN(C(=O)OCc2ccccc2)CC1. The molecule has 116 valence electrons. The topological polar surface area (TPSA) is 36.0 Å². The molecule has 0 spiro atoms. The summed E-state index contributed by atoms with van der Waals surface area (Å²) in [5, 5.41) is 0. The van der Waals surface area contributed by atoms with Crippen LogP contribution in [0.3, 0.4) is 0 Å². The van der Waals surface area contributed by atoms with Crippen LogP contribution in [0.1, 0.15) is 5.56 Å². The van der Waals surface area contributed by atoms with Crippen molar-refractivity contribution in [2.75, 3.05) is 53.4 Å². The van der Waals surface area contributed by atoms with Gasteiger partial charge in [-0.05, 0) is 19.7 Å². The van der Waals surface area contributed by atoms with E-state index in [9.17, 15) is 4.79 Å². The van der Waals surface area contributed by atoms with Crippen molar-refractivity contribution in [2.24, 2.45) is 0 Å². The molecule has 0 saturated carbocycles. The molecule has 0 N–H and O–H groups in total. The zero-order chi connectivity index (χ0) is 15.1. The molecule has 0 bridgehead atoms. The molecule has 1 aliphatic heterocycles. The molecule has 1 heterocycles. The largest absolute Gasteiger partial charge is 0.445 e. The summed E-state index contributed by atoms with van der Waals surface area (Å²) in [4.78, 5) is 18.5. The Bertz CT molecular complexity index is 424. The maximum absolute atomic E-state index is 12.2. The van der Waals surface area contributed by atoms with E-state index in [1.165, 1.54) is 0 Å². The van der Waals surface area contributed by atoms with Crippen molar-refractivity contribution in [3.63, 3.8) is 0 Å². The Kier molecular flexibility index (Phi) is 6.02. The van der Waals surface area contributed by atoms with Gasteiger partial charge in [-0.1, -0.05) is 30.3 Å². The van der Waals surface area contributed by atoms with Crippen molar-refractivity contribution >= 4 is 6.09 Å². The number of amides is 1. The quantitative estimate of drug-likeness (QED) is 0.827. The van der Waals surface area contributed by atoms with Gasteiger partial charge in [0.2, 0.25) is 0 Å². The van der Waals surface area contributed by atoms with Crippen molar-refractivity contribution in [1.29, 1.82) is 0 Å². The lowest BCUT2D eigenvalue weighted by Gasteiger charge is -2.23. The lowest BCUT2D eigenvalue weighted by molar-refractivity contribution is 0.0928. The highest BCUT2D eigenvalue weighted by atomic mass is 16.6. The molecule has 0 radical (unpaired) electrons. The first kappa shape index (κ1) is 15.8. The standard InChI is InChI=1S/C16H25N3O2/c1-17-8-9-18(2)11-13-19(12-10-17)16(20)21-14-15-6-4-3-5-7-15/h3-7H,8-14H2,1-2H3. The highest BCUT2D eigenvalue weighted by molar-refractivity contribution is 5.67. The van der Waals surface area contributed by atoms with E-state index in [0.29, 0.717) is 6.61 Å². The number of likely N-dealkylation sites (N-methyl/N-ethyl adjacent to an activating group) is 2. The van der Waals surface area contributed by atoms with Gasteiger partial charge in [0.1, 0.15) is 6.61 Å². The predicted octanol–water partition coefficient (Wildman–Crippen LogP) is 1.50. The molecule has 0 unspecified atom stereocenters. The van der Waals surface area contributed by atoms with Crippen LogP contribution in [0.25, 0.3) is 0 Å². The zero-order valence-electron chi connectivity index (χ0n) is 13.0. The van der Waals surface area contributed by atoms with Gasteiger partial charge in [0.25, 0.3) is 0 Å². The van der Waals surface area contributed by atoms with Crippen LogP contribution in [-0.2, 0) is 11.3 Å². The molecule has 1 aliphatic rings. The summed E-state index contributed by atoms with van der Waals surface area (Å²) in [5.41, 5.74) is 1.02. The fourth-order valence-corrected chi connectivity index (χ4v) is 2.25. The first-order valence-corrected chi connectivity index (χ1v) is 7.48. The summed E-state index contributed by atoms with van der Waals surface area (Å²) in [7, 11) is 4.18. The number of carbonyl (C=O) groups excluding carboxylic acids is 1. The van der Waals surface area contributed by atoms with Crippen molar-refractivity contribution in [3.05, 3.63) is 35.9 Å². The molecule has 1 amide bonds. The Balaban J connectivity index is 1.86. The second-order valence-corrected chi connectivity index (χ2v) is 5.63. The van der Waals surface area contributed by atoms with Gasteiger partial charge in [-0.25, -0.2) is 4.79 Å². The number of rotatable bonds is 2. The molecular formula is C16H25N3O2. The smallest absolute Gasteiger partial charge is 0.410 e. The van der Waals surface area contributed by atoms with E-state index in [1.54, 1.807) is 4.90 Å². The number of benzene rings is 1. The van der Waals surface area contributed by atoms with Crippen LogP contribution >= 0.6 is 0 Å². The number of ether oxygens (including phenoxy) is 1. The van der Waals surface area contributed by atoms with E-state index >= 15 is 0 Å². The Labute approximate surface area is 127 Å². The predicted molar refractivity (Wildman–Crippen MR) is 83.2 cm³/mol. The van der Waals surface area contributed by atoms with E-state index in [0.717, 1.165) is 44.8 Å². The second kappa shape index (κ2) is 8.00. The Morgan fingerprint density at radius 3 is 2.05 bits per heavy atom. The van der Waals surface area contributed by atoms with Gasteiger partial charge in [-0.15, -0.1) is 0 Å². The molecule has 0 aliphatic carbocycles. The molecule has 5 heteroatoms. The van der Waals surface area contributed by atoms with E-state index in [1.807, 2.05) is 30.3 Å². The number of nitrogens with zero attached hydrogens (tertiary/aromatic N) is 3. The summed E-state index contributed by atoms with van der Waals surface area (Å²) < 4.78 is 5.43. The maximum Gasteiger partial charge on any atom is 0.410 e. The second-order valence-electron chi connectivity index (χ2n) is 5.63. The summed E-state index contributed by atoms with van der Waals surface area (Å²) in [5.74, 6) is 0. The van der Waals surface area contributed by atoms with E-state index in [2.05, 4.69) is 23.9 Å². The van der Waals surface area contributed by atoms with Gasteiger partial charge in [-0.2, -0.15) is 0 Å². The first-order chi connectivity index (χ1) is 10.1. The number of hydrogen-bond acceptors (Lipinski definition) is 4. The fraction of sp³-hybridized carbons (Fsp3) is 0.562. The average molecular weight is 291 g/mol. The van der Waals surface area contributed by atoms with E-state index < -0.39 is 0 Å². The van der Waals surface area contributed by atoms with Crippen molar-refractivity contribution in [1.82, 2.24) is 14.7 Å². The van der Waals surface area contributed by atoms with Crippen LogP contribution in [-0.4, -0.2) is 74.2 Å². The maximum atomic E-state index is 12.2. The molecule has 21 heavy (non-hydrogen) atoms. The molecule has 1 fully saturated rings. The average Bonchev–Trinajstić information content (AvgIpc) is 2.58. The van der Waals surface area contributed by atoms with Crippen LogP contribution in [0, 0.1) is 0 Å². The number of hydrogen-bond donors (Lipinski definition) is 0. The zero-order valence-corrected chi connectivity index (χ0v) is 13.0. The summed E-state index contributed by atoms with van der Waals surface area (Å²) in [6.07, 6.45) is -0.220. The van der Waals surface area contributed by atoms with Gasteiger partial charge in [0, 0.05) is 39.3 Å². The Morgan fingerprint density at radius 2 is 1.48 bits per heavy atom. The normalized spacial score (nSPS) is 18.7. The van der Waals surface area contributed by atoms with Crippen molar-refractivity contribution < 1.29 is 9.53 Å². The van der Waals surface area contributed by atoms with Crippen LogP contribution in [0.15, 0.2) is 30.3 Å². The van der Waals surface area contributed by atoms with Crippen LogP contribution in [0.2, 0.25) is 0 Å². The van der Waals surface area contributed by atoms with E-state index in [-0.39, 0.29) is 6.09 Å². The molecule has 1 aromatic carbocycles. The molecule has 0 atom stereocenters. The monoisotopic (exact) mass is 291 g/mol. The summed E-state index contributed by atoms with van der Waals surface area (Å²) in [6.45, 7) is 5.60. The minimum Gasteiger partial charge on any atom is -0.445 e. The first-order valence-electron chi connectivity index (χ1n) is 7.48. The lowest BCUT2D eigenvalue weighted by atomic mass is 10.2. The van der Waals surface area contributed by atoms with Crippen molar-refractivity contribution in [2.45, 2.75) is 6.61 Å². The third kappa shape index (κ3) is 5.36. The van der Waals surface area contributed by atoms with Gasteiger partial charge < -0.3 is 19.4 Å². The summed E-state index contributed by atoms with van der Waals surface area (Å²) in [6, 6.07) is 9.79. The van der Waals surface area contributed by atoms with Crippen LogP contribution in [0.4, 0.5) is 4.79 Å². The minimum absolute atomic E-state index is 0.220. The third-order valence-electron chi connectivity index (χ3n) is 3.83. The van der Waals surface area contributed by atoms with Gasteiger partial charge in [-0.3, -0.25) is 0 Å². The van der Waals surface area contributed by atoms with Crippen molar-refractivity contribution in [3.8, 4) is 0 Å². The van der Waals surface area contributed by atoms with Gasteiger partial charge >= 0.3 is 6.09 Å². The van der Waals surface area contributed by atoms with Gasteiger partial charge in [0.15, 0.2) is 0 Å².